The molecule has 3 aromatic rings. The van der Waals surface area contributed by atoms with E-state index in [-0.39, 0.29) is 34.2 Å². The van der Waals surface area contributed by atoms with Crippen molar-refractivity contribution < 1.29 is 19.1 Å². The molecule has 0 bridgehead atoms. The van der Waals surface area contributed by atoms with Gasteiger partial charge in [-0.15, -0.1) is 0 Å². The zero-order chi connectivity index (χ0) is 20.3. The molecule has 146 valence electrons. The lowest BCUT2D eigenvalue weighted by Crippen LogP contribution is -2.33. The Morgan fingerprint density at radius 3 is 2.55 bits per heavy atom. The van der Waals surface area contributed by atoms with E-state index < -0.39 is 28.8 Å². The summed E-state index contributed by atoms with van der Waals surface area (Å²) in [6.07, 6.45) is 2.78. The van der Waals surface area contributed by atoms with Crippen LogP contribution in [0, 0.1) is 5.82 Å². The number of carboxylic acids is 1. The smallest absolute Gasteiger partial charge is 0.341 e. The number of benzene rings is 2. The number of carboxylic acid groups (broad SMARTS) is 1. The number of hydrogen-bond acceptors (Lipinski definition) is 4. The van der Waals surface area contributed by atoms with Gasteiger partial charge in [0.05, 0.1) is 22.3 Å². The number of pyridine rings is 1. The van der Waals surface area contributed by atoms with E-state index in [4.69, 9.17) is 0 Å². The Hall–Kier alpha value is -3.68. The average Bonchev–Trinajstić information content (AvgIpc) is 3.54. The first-order valence-corrected chi connectivity index (χ1v) is 9.22. The summed E-state index contributed by atoms with van der Waals surface area (Å²) in [6.45, 7) is 0. The van der Waals surface area contributed by atoms with Gasteiger partial charge >= 0.3 is 5.97 Å². The predicted octanol–water partition coefficient (Wildman–Crippen LogP) is 3.28. The quantitative estimate of drug-likeness (QED) is 0.634. The minimum Gasteiger partial charge on any atom is -0.477 e. The first-order chi connectivity index (χ1) is 14.0. The van der Waals surface area contributed by atoms with Crippen LogP contribution in [0.2, 0.25) is 0 Å². The summed E-state index contributed by atoms with van der Waals surface area (Å²) in [5.74, 6) is -2.44. The number of carbonyl (C=O) groups is 2. The van der Waals surface area contributed by atoms with E-state index in [0.29, 0.717) is 5.56 Å². The number of nitrogens with zero attached hydrogens (tertiary/aromatic N) is 1. The van der Waals surface area contributed by atoms with Crippen molar-refractivity contribution in [3.05, 3.63) is 69.8 Å². The molecule has 1 saturated carbocycles. The normalized spacial score (nSPS) is 18.1. The average molecular weight is 393 g/mol. The van der Waals surface area contributed by atoms with Crippen molar-refractivity contribution in [2.75, 3.05) is 10.6 Å². The Morgan fingerprint density at radius 1 is 1.17 bits per heavy atom. The lowest BCUT2D eigenvalue weighted by Gasteiger charge is -2.28. The van der Waals surface area contributed by atoms with Gasteiger partial charge in [-0.1, -0.05) is 30.3 Å². The molecular formula is C21H16FN3O4. The van der Waals surface area contributed by atoms with E-state index in [9.17, 15) is 19.5 Å². The number of carbonyl (C=O) groups excluding carboxylic acids is 1. The lowest BCUT2D eigenvalue weighted by atomic mass is 10.0. The van der Waals surface area contributed by atoms with Gasteiger partial charge in [0.15, 0.2) is 5.82 Å². The van der Waals surface area contributed by atoms with Gasteiger partial charge in [-0.3, -0.25) is 9.59 Å². The van der Waals surface area contributed by atoms with Gasteiger partial charge in [0.25, 0.3) is 5.91 Å². The molecule has 0 saturated heterocycles. The summed E-state index contributed by atoms with van der Waals surface area (Å²) in [5.41, 5.74) is -0.254. The van der Waals surface area contributed by atoms with Crippen LogP contribution in [-0.2, 0) is 4.79 Å². The number of anilines is 2. The summed E-state index contributed by atoms with van der Waals surface area (Å²) in [5, 5.41) is 14.9. The third-order valence-electron chi connectivity index (χ3n) is 5.37. The Balaban J connectivity index is 1.75. The Labute approximate surface area is 163 Å². The van der Waals surface area contributed by atoms with Gasteiger partial charge in [0.2, 0.25) is 5.43 Å². The summed E-state index contributed by atoms with van der Waals surface area (Å²) in [7, 11) is 0. The van der Waals surface area contributed by atoms with Crippen LogP contribution < -0.4 is 16.1 Å². The zero-order valence-corrected chi connectivity index (χ0v) is 15.1. The molecule has 5 rings (SSSR count). The second kappa shape index (κ2) is 6.16. The molecule has 0 radical (unpaired) electrons. The number of aromatic nitrogens is 1. The third kappa shape index (κ3) is 2.67. The second-order valence-corrected chi connectivity index (χ2v) is 7.30. The molecule has 1 aliphatic heterocycles. The van der Waals surface area contributed by atoms with Crippen molar-refractivity contribution in [3.8, 4) is 0 Å². The van der Waals surface area contributed by atoms with Crippen molar-refractivity contribution >= 4 is 34.2 Å². The number of halogens is 1. The molecule has 1 aromatic heterocycles. The molecule has 1 amide bonds. The van der Waals surface area contributed by atoms with Crippen molar-refractivity contribution in [2.24, 2.45) is 0 Å². The molecule has 1 fully saturated rings. The number of hydrogen-bond donors (Lipinski definition) is 3. The molecular weight excluding hydrogens is 377 g/mol. The summed E-state index contributed by atoms with van der Waals surface area (Å²) < 4.78 is 17.1. The minimum atomic E-state index is -1.37. The molecule has 7 nitrogen and oxygen atoms in total. The number of amides is 1. The molecule has 8 heteroatoms. The summed E-state index contributed by atoms with van der Waals surface area (Å²) in [4.78, 5) is 36.8. The Kier molecular flexibility index (Phi) is 3.70. The van der Waals surface area contributed by atoms with Crippen LogP contribution in [0.3, 0.4) is 0 Å². The Bertz CT molecular complexity index is 1250. The Morgan fingerprint density at radius 2 is 1.90 bits per heavy atom. The number of aromatic carboxylic acids is 1. The van der Waals surface area contributed by atoms with Crippen LogP contribution in [0.1, 0.15) is 40.8 Å². The van der Waals surface area contributed by atoms with Gasteiger partial charge in [0, 0.05) is 12.2 Å². The van der Waals surface area contributed by atoms with Gasteiger partial charge < -0.3 is 20.3 Å². The van der Waals surface area contributed by atoms with Crippen LogP contribution in [0.25, 0.3) is 10.9 Å². The lowest BCUT2D eigenvalue weighted by molar-refractivity contribution is -0.117. The van der Waals surface area contributed by atoms with Gasteiger partial charge in [-0.05, 0) is 24.5 Å². The fraction of sp³-hybridized carbons (Fsp3) is 0.190. The van der Waals surface area contributed by atoms with E-state index in [0.717, 1.165) is 12.8 Å². The van der Waals surface area contributed by atoms with Crippen molar-refractivity contribution in [1.29, 1.82) is 0 Å². The maximum atomic E-state index is 15.6. The second-order valence-electron chi connectivity index (χ2n) is 7.30. The molecule has 0 spiro atoms. The van der Waals surface area contributed by atoms with Crippen LogP contribution >= 0.6 is 0 Å². The zero-order valence-electron chi connectivity index (χ0n) is 15.1. The molecule has 2 aliphatic rings. The van der Waals surface area contributed by atoms with Gasteiger partial charge in [-0.2, -0.15) is 0 Å². The minimum absolute atomic E-state index is 0.0492. The molecule has 3 N–H and O–H groups in total. The van der Waals surface area contributed by atoms with E-state index in [1.54, 1.807) is 24.3 Å². The van der Waals surface area contributed by atoms with Gasteiger partial charge in [-0.25, -0.2) is 9.18 Å². The number of rotatable bonds is 3. The van der Waals surface area contributed by atoms with E-state index in [2.05, 4.69) is 10.6 Å². The fourth-order valence-corrected chi connectivity index (χ4v) is 3.80. The van der Waals surface area contributed by atoms with Crippen LogP contribution in [0.5, 0.6) is 0 Å². The number of nitrogens with one attached hydrogen (secondary N) is 2. The predicted molar refractivity (Wildman–Crippen MR) is 105 cm³/mol. The van der Waals surface area contributed by atoms with Crippen molar-refractivity contribution in [2.45, 2.75) is 24.9 Å². The van der Waals surface area contributed by atoms with E-state index in [1.165, 1.54) is 16.8 Å². The summed E-state index contributed by atoms with van der Waals surface area (Å²) >= 11 is 0. The molecule has 0 unspecified atom stereocenters. The SMILES string of the molecule is O=C(O)c1cn(C2CC2)c2c(F)c3c(cc2c1=O)NC(=O)[C@H](c1ccccc1)N3. The highest BCUT2D eigenvalue weighted by Crippen LogP contribution is 2.42. The molecule has 1 atom stereocenters. The van der Waals surface area contributed by atoms with Crippen molar-refractivity contribution in [1.82, 2.24) is 4.57 Å². The van der Waals surface area contributed by atoms with Crippen LogP contribution in [0.4, 0.5) is 15.8 Å². The summed E-state index contributed by atoms with van der Waals surface area (Å²) in [6, 6.07) is 9.44. The molecule has 2 aromatic carbocycles. The standard InChI is InChI=1S/C21H16FN3O4/c22-15-17-14(23-20(27)16(24-17)10-4-2-1-3-5-10)8-12-18(15)25(11-6-7-11)9-13(19(12)26)21(28)29/h1-5,8-9,11,16,24H,6-7H2,(H,23,27)(H,28,29)/t16-/m0/s1. The first kappa shape index (κ1) is 17.4. The number of fused-ring (bicyclic) bond motifs is 2. The van der Waals surface area contributed by atoms with Crippen LogP contribution in [-0.4, -0.2) is 21.6 Å². The highest BCUT2D eigenvalue weighted by molar-refractivity contribution is 6.07. The third-order valence-corrected chi connectivity index (χ3v) is 5.37. The van der Waals surface area contributed by atoms with Crippen LogP contribution in [0.15, 0.2) is 47.4 Å². The monoisotopic (exact) mass is 393 g/mol. The van der Waals surface area contributed by atoms with Gasteiger partial charge in [0.1, 0.15) is 11.6 Å². The molecule has 1 aliphatic carbocycles. The molecule has 2 heterocycles. The highest BCUT2D eigenvalue weighted by Gasteiger charge is 2.33. The topological polar surface area (TPSA) is 100 Å². The van der Waals surface area contributed by atoms with E-state index in [1.807, 2.05) is 6.07 Å². The van der Waals surface area contributed by atoms with E-state index >= 15 is 4.39 Å². The largest absolute Gasteiger partial charge is 0.477 e. The first-order valence-electron chi connectivity index (χ1n) is 9.22. The highest BCUT2D eigenvalue weighted by atomic mass is 19.1. The fourth-order valence-electron chi connectivity index (χ4n) is 3.80. The maximum Gasteiger partial charge on any atom is 0.341 e. The molecule has 29 heavy (non-hydrogen) atoms. The van der Waals surface area contributed by atoms with Crippen molar-refractivity contribution in [3.63, 3.8) is 0 Å². The maximum absolute atomic E-state index is 15.6.